The maximum Gasteiger partial charge on any atom is 0.271 e. The van der Waals surface area contributed by atoms with Gasteiger partial charge in [0, 0.05) is 24.7 Å². The van der Waals surface area contributed by atoms with E-state index < -0.39 is 14.9 Å². The van der Waals surface area contributed by atoms with Crippen molar-refractivity contribution in [3.63, 3.8) is 0 Å². The molecule has 0 atom stereocenters. The minimum Gasteiger partial charge on any atom is -0.387 e. The van der Waals surface area contributed by atoms with E-state index in [0.29, 0.717) is 0 Å². The number of anilines is 1. The molecule has 1 aromatic rings. The lowest BCUT2D eigenvalue weighted by atomic mass is 10.3. The predicted molar refractivity (Wildman–Crippen MR) is 70.6 cm³/mol. The first-order valence-corrected chi connectivity index (χ1v) is 7.26. The van der Waals surface area contributed by atoms with Crippen LogP contribution in [0.15, 0.2) is 23.1 Å². The summed E-state index contributed by atoms with van der Waals surface area (Å²) in [5.74, 6) is 0. The van der Waals surface area contributed by atoms with Crippen molar-refractivity contribution >= 4 is 21.4 Å². The largest absolute Gasteiger partial charge is 0.387 e. The van der Waals surface area contributed by atoms with Crippen molar-refractivity contribution in [3.05, 3.63) is 28.3 Å². The maximum absolute atomic E-state index is 12.2. The second-order valence-electron chi connectivity index (χ2n) is 4.85. The zero-order chi connectivity index (χ0) is 14.3. The minimum atomic E-state index is -3.68. The number of hydrogen-bond acceptors (Lipinski definition) is 5. The van der Waals surface area contributed by atoms with Gasteiger partial charge in [0.2, 0.25) is 10.0 Å². The van der Waals surface area contributed by atoms with E-state index in [1.165, 1.54) is 25.2 Å². The Morgan fingerprint density at radius 1 is 1.37 bits per heavy atom. The lowest BCUT2D eigenvalue weighted by Crippen LogP contribution is -2.34. The van der Waals surface area contributed by atoms with Crippen molar-refractivity contribution in [2.45, 2.75) is 30.2 Å². The van der Waals surface area contributed by atoms with Gasteiger partial charge in [-0.15, -0.1) is 0 Å². The first-order chi connectivity index (χ1) is 8.77. The SMILES string of the molecule is CNc1cc([N+](=O)[O-])ccc1S(=O)(=O)NC1(C)CC1. The highest BCUT2D eigenvalue weighted by Gasteiger charge is 2.41. The van der Waals surface area contributed by atoms with Gasteiger partial charge in [0.05, 0.1) is 10.6 Å². The van der Waals surface area contributed by atoms with Crippen LogP contribution in [-0.4, -0.2) is 25.9 Å². The standard InChI is InChI=1S/C11H15N3O4S/c1-11(5-6-11)13-19(17,18)10-4-3-8(14(15)16)7-9(10)12-2/h3-4,7,12-13H,5-6H2,1-2H3. The van der Waals surface area contributed by atoms with Gasteiger partial charge in [0.25, 0.3) is 5.69 Å². The van der Waals surface area contributed by atoms with E-state index in [-0.39, 0.29) is 21.8 Å². The third-order valence-corrected chi connectivity index (χ3v) is 4.81. The number of sulfonamides is 1. The zero-order valence-electron chi connectivity index (χ0n) is 10.6. The van der Waals surface area contributed by atoms with E-state index in [9.17, 15) is 18.5 Å². The molecule has 7 nitrogen and oxygen atoms in total. The van der Waals surface area contributed by atoms with Crippen LogP contribution in [0, 0.1) is 10.1 Å². The van der Waals surface area contributed by atoms with Gasteiger partial charge in [-0.2, -0.15) is 0 Å². The van der Waals surface area contributed by atoms with Crippen molar-refractivity contribution in [1.82, 2.24) is 4.72 Å². The summed E-state index contributed by atoms with van der Waals surface area (Å²) in [6.45, 7) is 1.83. The molecule has 8 heteroatoms. The number of hydrogen-bond donors (Lipinski definition) is 2. The topological polar surface area (TPSA) is 101 Å². The molecule has 0 spiro atoms. The average molecular weight is 285 g/mol. The normalized spacial score (nSPS) is 16.9. The van der Waals surface area contributed by atoms with Crippen molar-refractivity contribution in [2.75, 3.05) is 12.4 Å². The van der Waals surface area contributed by atoms with Crippen LogP contribution in [-0.2, 0) is 10.0 Å². The summed E-state index contributed by atoms with van der Waals surface area (Å²) in [6.07, 6.45) is 1.60. The first-order valence-electron chi connectivity index (χ1n) is 5.78. The fourth-order valence-electron chi connectivity index (χ4n) is 1.73. The third-order valence-electron chi connectivity index (χ3n) is 3.11. The Balaban J connectivity index is 2.41. The summed E-state index contributed by atoms with van der Waals surface area (Å²) in [7, 11) is -2.15. The van der Waals surface area contributed by atoms with E-state index in [0.717, 1.165) is 12.8 Å². The van der Waals surface area contributed by atoms with Gasteiger partial charge in [-0.1, -0.05) is 0 Å². The molecule has 0 amide bonds. The Bertz CT molecular complexity index is 623. The average Bonchev–Trinajstić information content (AvgIpc) is 3.04. The summed E-state index contributed by atoms with van der Waals surface area (Å²) in [4.78, 5) is 10.1. The van der Waals surface area contributed by atoms with Crippen LogP contribution in [0.25, 0.3) is 0 Å². The van der Waals surface area contributed by atoms with Gasteiger partial charge < -0.3 is 5.32 Å². The summed E-state index contributed by atoms with van der Waals surface area (Å²) < 4.78 is 27.1. The van der Waals surface area contributed by atoms with E-state index in [1.54, 1.807) is 0 Å². The van der Waals surface area contributed by atoms with Crippen molar-refractivity contribution in [3.8, 4) is 0 Å². The van der Waals surface area contributed by atoms with E-state index in [2.05, 4.69) is 10.0 Å². The molecule has 1 aliphatic carbocycles. The van der Waals surface area contributed by atoms with E-state index in [4.69, 9.17) is 0 Å². The predicted octanol–water partition coefficient (Wildman–Crippen LogP) is 1.47. The van der Waals surface area contributed by atoms with Crippen LogP contribution in [0.1, 0.15) is 19.8 Å². The molecule has 104 valence electrons. The molecule has 2 rings (SSSR count). The Morgan fingerprint density at radius 3 is 2.47 bits per heavy atom. The van der Waals surface area contributed by atoms with Gasteiger partial charge >= 0.3 is 0 Å². The first kappa shape index (κ1) is 13.8. The van der Waals surface area contributed by atoms with Crippen molar-refractivity contribution in [1.29, 1.82) is 0 Å². The van der Waals surface area contributed by atoms with Gasteiger partial charge in [-0.25, -0.2) is 13.1 Å². The molecular weight excluding hydrogens is 270 g/mol. The minimum absolute atomic E-state index is 0.0220. The van der Waals surface area contributed by atoms with E-state index >= 15 is 0 Å². The second kappa shape index (κ2) is 4.46. The molecule has 0 heterocycles. The maximum atomic E-state index is 12.2. The zero-order valence-corrected chi connectivity index (χ0v) is 11.5. The highest BCUT2D eigenvalue weighted by molar-refractivity contribution is 7.89. The number of rotatable bonds is 5. The van der Waals surface area contributed by atoms with Gasteiger partial charge in [0.15, 0.2) is 0 Å². The third kappa shape index (κ3) is 2.85. The molecule has 1 fully saturated rings. The van der Waals surface area contributed by atoms with Crippen LogP contribution in [0.2, 0.25) is 0 Å². The summed E-state index contributed by atoms with van der Waals surface area (Å²) >= 11 is 0. The Labute approximate surface area is 111 Å². The van der Waals surface area contributed by atoms with Crippen LogP contribution in [0.5, 0.6) is 0 Å². The van der Waals surface area contributed by atoms with Crippen LogP contribution < -0.4 is 10.0 Å². The number of benzene rings is 1. The Morgan fingerprint density at radius 2 is 2.00 bits per heavy atom. The van der Waals surface area contributed by atoms with Crippen molar-refractivity contribution in [2.24, 2.45) is 0 Å². The molecule has 0 aromatic heterocycles. The molecule has 19 heavy (non-hydrogen) atoms. The smallest absolute Gasteiger partial charge is 0.271 e. The molecule has 0 saturated heterocycles. The second-order valence-corrected chi connectivity index (χ2v) is 6.50. The molecular formula is C11H15N3O4S. The highest BCUT2D eigenvalue weighted by Crippen LogP contribution is 2.37. The molecule has 0 unspecified atom stereocenters. The molecule has 2 N–H and O–H groups in total. The monoisotopic (exact) mass is 285 g/mol. The number of nitrogens with one attached hydrogen (secondary N) is 2. The Hall–Kier alpha value is -1.67. The number of nitro benzene ring substituents is 1. The van der Waals surface area contributed by atoms with Gasteiger partial charge in [0.1, 0.15) is 4.90 Å². The Kier molecular flexibility index (Phi) is 3.23. The molecule has 0 aliphatic heterocycles. The molecule has 1 aromatic carbocycles. The number of nitrogens with zero attached hydrogens (tertiary/aromatic N) is 1. The molecule has 0 radical (unpaired) electrons. The van der Waals surface area contributed by atoms with Gasteiger partial charge in [-0.3, -0.25) is 10.1 Å². The lowest BCUT2D eigenvalue weighted by Gasteiger charge is -2.14. The van der Waals surface area contributed by atoms with E-state index in [1.807, 2.05) is 6.92 Å². The quantitative estimate of drug-likeness (QED) is 0.630. The fraction of sp³-hybridized carbons (Fsp3) is 0.455. The summed E-state index contributed by atoms with van der Waals surface area (Å²) in [5, 5.41) is 13.4. The molecule has 1 aliphatic rings. The van der Waals surface area contributed by atoms with Crippen LogP contribution >= 0.6 is 0 Å². The highest BCUT2D eigenvalue weighted by atomic mass is 32.2. The number of nitro groups is 1. The van der Waals surface area contributed by atoms with Gasteiger partial charge in [-0.05, 0) is 25.8 Å². The summed E-state index contributed by atoms with van der Waals surface area (Å²) in [6, 6.07) is 3.65. The van der Waals surface area contributed by atoms with Crippen LogP contribution in [0.4, 0.5) is 11.4 Å². The molecule has 1 saturated carbocycles. The van der Waals surface area contributed by atoms with Crippen molar-refractivity contribution < 1.29 is 13.3 Å². The molecule has 0 bridgehead atoms. The lowest BCUT2D eigenvalue weighted by molar-refractivity contribution is -0.384. The van der Waals surface area contributed by atoms with Crippen LogP contribution in [0.3, 0.4) is 0 Å². The summed E-state index contributed by atoms with van der Waals surface area (Å²) in [5.41, 5.74) is -0.321. The fourth-order valence-corrected chi connectivity index (χ4v) is 3.39. The number of non-ortho nitro benzene ring substituents is 1.